The molecule has 2 aromatic rings. The Bertz CT molecular complexity index is 844. The summed E-state index contributed by atoms with van der Waals surface area (Å²) in [7, 11) is 0. The van der Waals surface area contributed by atoms with Crippen LogP contribution in [0.25, 0.3) is 0 Å². The smallest absolute Gasteiger partial charge is 0.343 e. The predicted octanol–water partition coefficient (Wildman–Crippen LogP) is 6.47. The Kier molecular flexibility index (Phi) is 9.50. The predicted molar refractivity (Wildman–Crippen MR) is 120 cm³/mol. The number of rotatable bonds is 11. The van der Waals surface area contributed by atoms with Crippen molar-refractivity contribution in [1.82, 2.24) is 0 Å². The molecule has 1 aliphatic rings. The van der Waals surface area contributed by atoms with Crippen LogP contribution in [0.5, 0.6) is 11.5 Å². The number of ether oxygens (including phenoxy) is 4. The molecule has 0 aromatic heterocycles. The highest BCUT2D eigenvalue weighted by Crippen LogP contribution is 2.29. The lowest BCUT2D eigenvalue weighted by atomic mass is 10.0. The molecule has 0 aliphatic carbocycles. The minimum atomic E-state index is -0.748. The van der Waals surface area contributed by atoms with Crippen LogP contribution in [0, 0.1) is 11.7 Å². The van der Waals surface area contributed by atoms with E-state index >= 15 is 0 Å². The second kappa shape index (κ2) is 12.6. The SMILES string of the molecule is CCCCCCCC1COC(c2ccc(C(=O)Oc3ccc(OCC)cc3)cc2F)OC1. The van der Waals surface area contributed by atoms with Crippen molar-refractivity contribution < 1.29 is 28.1 Å². The highest BCUT2D eigenvalue weighted by Gasteiger charge is 2.26. The summed E-state index contributed by atoms with van der Waals surface area (Å²) in [4.78, 5) is 12.4. The maximum atomic E-state index is 14.7. The van der Waals surface area contributed by atoms with Crippen molar-refractivity contribution >= 4 is 5.97 Å². The molecule has 174 valence electrons. The standard InChI is InChI=1S/C26H33FO5/c1-3-5-6-7-8-9-19-17-30-26(31-18-19)23-15-10-20(16-24(23)27)25(28)32-22-13-11-21(12-14-22)29-4-2/h10-16,19,26H,3-9,17-18H2,1-2H3. The summed E-state index contributed by atoms with van der Waals surface area (Å²) >= 11 is 0. The third-order valence-corrected chi connectivity index (χ3v) is 5.52. The van der Waals surface area contributed by atoms with Gasteiger partial charge in [-0.15, -0.1) is 0 Å². The van der Waals surface area contributed by atoms with Crippen molar-refractivity contribution in [3.8, 4) is 11.5 Å². The lowest BCUT2D eigenvalue weighted by molar-refractivity contribution is -0.207. The summed E-state index contributed by atoms with van der Waals surface area (Å²) < 4.78 is 36.9. The summed E-state index contributed by atoms with van der Waals surface area (Å²) in [6.07, 6.45) is 6.51. The van der Waals surface area contributed by atoms with Crippen molar-refractivity contribution in [1.29, 1.82) is 0 Å². The largest absolute Gasteiger partial charge is 0.494 e. The van der Waals surface area contributed by atoms with Crippen molar-refractivity contribution in [2.24, 2.45) is 5.92 Å². The number of benzene rings is 2. The number of unbranched alkanes of at least 4 members (excludes halogenated alkanes) is 4. The first-order valence-electron chi connectivity index (χ1n) is 11.6. The van der Waals surface area contributed by atoms with Gasteiger partial charge in [-0.05, 0) is 49.7 Å². The van der Waals surface area contributed by atoms with Crippen molar-refractivity contribution in [3.05, 3.63) is 59.4 Å². The summed E-state index contributed by atoms with van der Waals surface area (Å²) in [6, 6.07) is 10.9. The van der Waals surface area contributed by atoms with E-state index in [4.69, 9.17) is 18.9 Å². The lowest BCUT2D eigenvalue weighted by Gasteiger charge is -2.30. The average molecular weight is 445 g/mol. The van der Waals surface area contributed by atoms with E-state index in [0.717, 1.165) is 6.42 Å². The first-order valence-corrected chi connectivity index (χ1v) is 11.6. The van der Waals surface area contributed by atoms with Gasteiger partial charge < -0.3 is 18.9 Å². The number of hydrogen-bond acceptors (Lipinski definition) is 5. The normalized spacial score (nSPS) is 18.3. The van der Waals surface area contributed by atoms with Gasteiger partial charge in [0.15, 0.2) is 6.29 Å². The highest BCUT2D eigenvalue weighted by atomic mass is 19.1. The maximum Gasteiger partial charge on any atom is 0.343 e. The van der Waals surface area contributed by atoms with E-state index < -0.39 is 18.1 Å². The van der Waals surface area contributed by atoms with Gasteiger partial charge in [0.2, 0.25) is 0 Å². The van der Waals surface area contributed by atoms with Gasteiger partial charge in [-0.25, -0.2) is 9.18 Å². The van der Waals surface area contributed by atoms with Gasteiger partial charge in [0.05, 0.1) is 25.4 Å². The van der Waals surface area contributed by atoms with Crippen LogP contribution in [-0.2, 0) is 9.47 Å². The van der Waals surface area contributed by atoms with Crippen LogP contribution in [0.2, 0.25) is 0 Å². The molecule has 1 fully saturated rings. The van der Waals surface area contributed by atoms with E-state index in [9.17, 15) is 9.18 Å². The zero-order chi connectivity index (χ0) is 22.8. The molecule has 0 amide bonds. The van der Waals surface area contributed by atoms with E-state index in [1.54, 1.807) is 24.3 Å². The molecule has 32 heavy (non-hydrogen) atoms. The maximum absolute atomic E-state index is 14.7. The van der Waals surface area contributed by atoms with Gasteiger partial charge in [0.1, 0.15) is 17.3 Å². The Hall–Kier alpha value is -2.44. The molecular weight excluding hydrogens is 411 g/mol. The van der Waals surface area contributed by atoms with Gasteiger partial charge >= 0.3 is 5.97 Å². The minimum Gasteiger partial charge on any atom is -0.494 e. The van der Waals surface area contributed by atoms with E-state index in [-0.39, 0.29) is 5.56 Å². The first-order chi connectivity index (χ1) is 15.6. The third kappa shape index (κ3) is 7.04. The highest BCUT2D eigenvalue weighted by molar-refractivity contribution is 5.91. The molecule has 0 radical (unpaired) electrons. The molecular formula is C26H33FO5. The summed E-state index contributed by atoms with van der Waals surface area (Å²) in [6.45, 7) is 5.76. The van der Waals surface area contributed by atoms with Crippen LogP contribution in [0.3, 0.4) is 0 Å². The molecule has 1 heterocycles. The average Bonchev–Trinajstić information content (AvgIpc) is 2.81. The number of carbonyl (C=O) groups excluding carboxylic acids is 1. The second-order valence-corrected chi connectivity index (χ2v) is 8.10. The molecule has 3 rings (SSSR count). The van der Waals surface area contributed by atoms with Gasteiger partial charge in [-0.1, -0.05) is 45.1 Å². The third-order valence-electron chi connectivity index (χ3n) is 5.52. The van der Waals surface area contributed by atoms with Crippen LogP contribution >= 0.6 is 0 Å². The minimum absolute atomic E-state index is 0.126. The molecule has 0 saturated carbocycles. The summed E-state index contributed by atoms with van der Waals surface area (Å²) in [5, 5.41) is 0. The molecule has 6 heteroatoms. The van der Waals surface area contributed by atoms with Crippen LogP contribution in [0.4, 0.5) is 4.39 Å². The summed E-state index contributed by atoms with van der Waals surface area (Å²) in [5.41, 5.74) is 0.421. The number of hydrogen-bond donors (Lipinski definition) is 0. The van der Waals surface area contributed by atoms with E-state index in [2.05, 4.69) is 6.92 Å². The Labute approximate surface area is 189 Å². The van der Waals surface area contributed by atoms with Crippen LogP contribution in [0.15, 0.2) is 42.5 Å². The molecule has 5 nitrogen and oxygen atoms in total. The first kappa shape index (κ1) is 24.2. The fraction of sp³-hybridized carbons (Fsp3) is 0.500. The quantitative estimate of drug-likeness (QED) is 0.226. The Morgan fingerprint density at radius 3 is 2.31 bits per heavy atom. The lowest BCUT2D eigenvalue weighted by Crippen LogP contribution is -2.27. The van der Waals surface area contributed by atoms with E-state index in [1.165, 1.54) is 50.3 Å². The molecule has 2 aromatic carbocycles. The summed E-state index contributed by atoms with van der Waals surface area (Å²) in [5.74, 6) is 0.221. The van der Waals surface area contributed by atoms with Crippen LogP contribution < -0.4 is 9.47 Å². The second-order valence-electron chi connectivity index (χ2n) is 8.10. The molecule has 1 aliphatic heterocycles. The molecule has 0 unspecified atom stereocenters. The van der Waals surface area contributed by atoms with Gasteiger partial charge in [0.25, 0.3) is 0 Å². The molecule has 0 bridgehead atoms. The van der Waals surface area contributed by atoms with Crippen LogP contribution in [0.1, 0.15) is 74.6 Å². The van der Waals surface area contributed by atoms with Crippen LogP contribution in [-0.4, -0.2) is 25.8 Å². The molecule has 0 spiro atoms. The van der Waals surface area contributed by atoms with E-state index in [0.29, 0.717) is 42.8 Å². The molecule has 1 saturated heterocycles. The Morgan fingerprint density at radius 2 is 1.66 bits per heavy atom. The number of carbonyl (C=O) groups is 1. The fourth-order valence-corrected chi connectivity index (χ4v) is 3.71. The van der Waals surface area contributed by atoms with Gasteiger partial charge in [0, 0.05) is 11.5 Å². The topological polar surface area (TPSA) is 54.0 Å². The monoisotopic (exact) mass is 444 g/mol. The van der Waals surface area contributed by atoms with Gasteiger partial charge in [-0.3, -0.25) is 0 Å². The Balaban J connectivity index is 1.50. The zero-order valence-corrected chi connectivity index (χ0v) is 19.0. The zero-order valence-electron chi connectivity index (χ0n) is 19.0. The Morgan fingerprint density at radius 1 is 0.969 bits per heavy atom. The fourth-order valence-electron chi connectivity index (χ4n) is 3.71. The van der Waals surface area contributed by atoms with E-state index in [1.807, 2.05) is 6.92 Å². The van der Waals surface area contributed by atoms with Crippen molar-refractivity contribution in [3.63, 3.8) is 0 Å². The molecule has 0 N–H and O–H groups in total. The number of halogens is 1. The number of esters is 1. The van der Waals surface area contributed by atoms with Crippen molar-refractivity contribution in [2.45, 2.75) is 58.7 Å². The van der Waals surface area contributed by atoms with Crippen molar-refractivity contribution in [2.75, 3.05) is 19.8 Å². The van der Waals surface area contributed by atoms with Gasteiger partial charge in [-0.2, -0.15) is 0 Å². The molecule has 0 atom stereocenters.